The second kappa shape index (κ2) is 5.75. The summed E-state index contributed by atoms with van der Waals surface area (Å²) < 4.78 is 0. The summed E-state index contributed by atoms with van der Waals surface area (Å²) in [5.74, 6) is -0.304. The van der Waals surface area contributed by atoms with Crippen LogP contribution in [0, 0.1) is 6.92 Å². The lowest BCUT2D eigenvalue weighted by molar-refractivity contribution is 0.0696. The van der Waals surface area contributed by atoms with E-state index in [-0.39, 0.29) is 5.56 Å². The van der Waals surface area contributed by atoms with Gasteiger partial charge in [0.05, 0.1) is 11.3 Å². The lowest BCUT2D eigenvalue weighted by Crippen LogP contribution is -1.98. The molecule has 1 heterocycles. The number of aromatic nitrogens is 1. The molecule has 0 aliphatic carbocycles. The largest absolute Gasteiger partial charge is 0.478 e. The number of benzene rings is 1. The van der Waals surface area contributed by atoms with Crippen molar-refractivity contribution in [3.8, 4) is 0 Å². The first-order valence-electron chi connectivity index (χ1n) is 5.73. The Labute approximate surface area is 115 Å². The van der Waals surface area contributed by atoms with E-state index in [0.717, 1.165) is 21.8 Å². The van der Waals surface area contributed by atoms with Gasteiger partial charge in [-0.2, -0.15) is 0 Å². The van der Waals surface area contributed by atoms with Gasteiger partial charge in [0, 0.05) is 22.5 Å². The van der Waals surface area contributed by atoms with Gasteiger partial charge >= 0.3 is 5.97 Å². The van der Waals surface area contributed by atoms with Crippen LogP contribution < -0.4 is 5.73 Å². The van der Waals surface area contributed by atoms with Crippen molar-refractivity contribution in [1.29, 1.82) is 0 Å². The molecule has 2 rings (SSSR count). The number of pyridine rings is 1. The molecule has 2 aromatic rings. The van der Waals surface area contributed by atoms with Crippen molar-refractivity contribution < 1.29 is 9.90 Å². The van der Waals surface area contributed by atoms with Crippen molar-refractivity contribution in [2.45, 2.75) is 17.6 Å². The van der Waals surface area contributed by atoms with E-state index in [9.17, 15) is 4.79 Å². The number of rotatable bonds is 4. The van der Waals surface area contributed by atoms with E-state index in [1.54, 1.807) is 23.9 Å². The fraction of sp³-hybridized carbons (Fsp3) is 0.143. The van der Waals surface area contributed by atoms with Crippen LogP contribution in [0.3, 0.4) is 0 Å². The Kier molecular flexibility index (Phi) is 4.06. The van der Waals surface area contributed by atoms with Gasteiger partial charge in [-0.05, 0) is 36.8 Å². The number of carboxylic acid groups (broad SMARTS) is 1. The Bertz CT molecular complexity index is 597. The van der Waals surface area contributed by atoms with Crippen LogP contribution in [0.5, 0.6) is 0 Å². The van der Waals surface area contributed by atoms with E-state index < -0.39 is 5.97 Å². The fourth-order valence-corrected chi connectivity index (χ4v) is 2.45. The van der Waals surface area contributed by atoms with E-state index in [4.69, 9.17) is 10.8 Å². The summed E-state index contributed by atoms with van der Waals surface area (Å²) in [6, 6.07) is 9.22. The molecule has 0 radical (unpaired) electrons. The molecule has 0 atom stereocenters. The van der Waals surface area contributed by atoms with Crippen LogP contribution >= 0.6 is 11.8 Å². The van der Waals surface area contributed by atoms with Crippen LogP contribution in [0.4, 0.5) is 5.69 Å². The lowest BCUT2D eigenvalue weighted by Gasteiger charge is -2.06. The number of carboxylic acids is 1. The molecule has 4 nitrogen and oxygen atoms in total. The Morgan fingerprint density at radius 2 is 2.16 bits per heavy atom. The topological polar surface area (TPSA) is 76.2 Å². The maximum atomic E-state index is 10.7. The maximum Gasteiger partial charge on any atom is 0.337 e. The van der Waals surface area contributed by atoms with Crippen molar-refractivity contribution in [2.24, 2.45) is 0 Å². The third-order valence-corrected chi connectivity index (χ3v) is 3.74. The highest BCUT2D eigenvalue weighted by Gasteiger charge is 2.05. The monoisotopic (exact) mass is 274 g/mol. The number of hydrogen-bond donors (Lipinski definition) is 2. The SMILES string of the molecule is Cc1ccc(SCc2ccc(C(=O)O)cn2)c(N)c1. The number of hydrogen-bond acceptors (Lipinski definition) is 4. The quantitative estimate of drug-likeness (QED) is 0.662. The van der Waals surface area contributed by atoms with E-state index in [0.29, 0.717) is 5.75 Å². The zero-order valence-electron chi connectivity index (χ0n) is 10.5. The second-order valence-electron chi connectivity index (χ2n) is 4.17. The minimum atomic E-state index is -0.963. The molecular weight excluding hydrogens is 260 g/mol. The number of nitrogens with two attached hydrogens (primary N) is 1. The highest BCUT2D eigenvalue weighted by atomic mass is 32.2. The zero-order chi connectivity index (χ0) is 13.8. The van der Waals surface area contributed by atoms with Crippen LogP contribution in [-0.2, 0) is 5.75 Å². The number of aromatic carboxylic acids is 1. The van der Waals surface area contributed by atoms with Crippen molar-refractivity contribution in [1.82, 2.24) is 4.98 Å². The summed E-state index contributed by atoms with van der Waals surface area (Å²) in [5.41, 5.74) is 8.84. The summed E-state index contributed by atoms with van der Waals surface area (Å²) >= 11 is 1.59. The first kappa shape index (κ1) is 13.4. The lowest BCUT2D eigenvalue weighted by atomic mass is 10.2. The molecular formula is C14H14N2O2S. The van der Waals surface area contributed by atoms with Gasteiger partial charge in [0.25, 0.3) is 0 Å². The molecule has 98 valence electrons. The van der Waals surface area contributed by atoms with Crippen LogP contribution in [-0.4, -0.2) is 16.1 Å². The predicted molar refractivity (Wildman–Crippen MR) is 76.3 cm³/mol. The molecule has 0 unspecified atom stereocenters. The van der Waals surface area contributed by atoms with Crippen molar-refractivity contribution in [3.05, 3.63) is 53.3 Å². The summed E-state index contributed by atoms with van der Waals surface area (Å²) in [4.78, 5) is 15.8. The minimum absolute atomic E-state index is 0.198. The van der Waals surface area contributed by atoms with Crippen LogP contribution in [0.15, 0.2) is 41.4 Å². The third-order valence-electron chi connectivity index (χ3n) is 2.61. The molecule has 3 N–H and O–H groups in total. The van der Waals surface area contributed by atoms with Crippen molar-refractivity contribution in [2.75, 3.05) is 5.73 Å². The summed E-state index contributed by atoms with van der Waals surface area (Å²) in [5, 5.41) is 8.78. The van der Waals surface area contributed by atoms with Gasteiger partial charge in [-0.3, -0.25) is 4.98 Å². The van der Waals surface area contributed by atoms with Crippen LogP contribution in [0.25, 0.3) is 0 Å². The highest BCUT2D eigenvalue weighted by Crippen LogP contribution is 2.28. The van der Waals surface area contributed by atoms with Crippen LogP contribution in [0.2, 0.25) is 0 Å². The van der Waals surface area contributed by atoms with Crippen molar-refractivity contribution in [3.63, 3.8) is 0 Å². The molecule has 0 aliphatic heterocycles. The summed E-state index contributed by atoms with van der Waals surface area (Å²) in [7, 11) is 0. The highest BCUT2D eigenvalue weighted by molar-refractivity contribution is 7.98. The zero-order valence-corrected chi connectivity index (χ0v) is 11.3. The van der Waals surface area contributed by atoms with Gasteiger partial charge in [-0.25, -0.2) is 4.79 Å². The molecule has 19 heavy (non-hydrogen) atoms. The van der Waals surface area contributed by atoms with Gasteiger partial charge in [0.1, 0.15) is 0 Å². The Morgan fingerprint density at radius 3 is 2.74 bits per heavy atom. The van der Waals surface area contributed by atoms with E-state index >= 15 is 0 Å². The van der Waals surface area contributed by atoms with E-state index in [1.807, 2.05) is 25.1 Å². The average molecular weight is 274 g/mol. The maximum absolute atomic E-state index is 10.7. The first-order valence-corrected chi connectivity index (χ1v) is 6.72. The number of thioether (sulfide) groups is 1. The van der Waals surface area contributed by atoms with Crippen molar-refractivity contribution >= 4 is 23.4 Å². The number of aryl methyl sites for hydroxylation is 1. The van der Waals surface area contributed by atoms with Gasteiger partial charge in [-0.1, -0.05) is 6.07 Å². The molecule has 0 aliphatic rings. The number of nitrogens with zero attached hydrogens (tertiary/aromatic N) is 1. The number of carbonyl (C=O) groups is 1. The standard InChI is InChI=1S/C14H14N2O2S/c1-9-2-5-13(12(15)6-9)19-8-11-4-3-10(7-16-11)14(17)18/h2-7H,8,15H2,1H3,(H,17,18). The number of anilines is 1. The molecule has 0 amide bonds. The molecule has 1 aromatic heterocycles. The van der Waals surface area contributed by atoms with Crippen LogP contribution in [0.1, 0.15) is 21.6 Å². The second-order valence-corrected chi connectivity index (χ2v) is 5.19. The summed E-state index contributed by atoms with van der Waals surface area (Å²) in [6.07, 6.45) is 1.37. The summed E-state index contributed by atoms with van der Waals surface area (Å²) in [6.45, 7) is 2.00. The first-order chi connectivity index (χ1) is 9.06. The average Bonchev–Trinajstić information content (AvgIpc) is 2.38. The van der Waals surface area contributed by atoms with Gasteiger partial charge in [-0.15, -0.1) is 11.8 Å². The molecule has 1 aromatic carbocycles. The molecule has 0 saturated heterocycles. The molecule has 0 bridgehead atoms. The Balaban J connectivity index is 2.04. The smallest absolute Gasteiger partial charge is 0.337 e. The van der Waals surface area contributed by atoms with E-state index in [2.05, 4.69) is 4.98 Å². The third kappa shape index (κ3) is 3.48. The molecule has 5 heteroatoms. The van der Waals surface area contributed by atoms with Gasteiger partial charge in [0.15, 0.2) is 0 Å². The fourth-order valence-electron chi connectivity index (χ4n) is 1.59. The Hall–Kier alpha value is -2.01. The molecule has 0 spiro atoms. The molecule has 0 fully saturated rings. The number of nitrogen functional groups attached to an aromatic ring is 1. The Morgan fingerprint density at radius 1 is 1.37 bits per heavy atom. The predicted octanol–water partition coefficient (Wildman–Crippen LogP) is 2.96. The molecule has 0 saturated carbocycles. The normalized spacial score (nSPS) is 10.4. The minimum Gasteiger partial charge on any atom is -0.478 e. The van der Waals surface area contributed by atoms with Gasteiger partial charge < -0.3 is 10.8 Å². The van der Waals surface area contributed by atoms with E-state index in [1.165, 1.54) is 6.20 Å². The van der Waals surface area contributed by atoms with Gasteiger partial charge in [0.2, 0.25) is 0 Å².